The van der Waals surface area contributed by atoms with Crippen LogP contribution in [0.25, 0.3) is 11.2 Å². The lowest BCUT2D eigenvalue weighted by molar-refractivity contribution is -0.149. The summed E-state index contributed by atoms with van der Waals surface area (Å²) in [7, 11) is -2.73. The zero-order chi connectivity index (χ0) is 29.2. The quantitative estimate of drug-likeness (QED) is 0.143. The number of anilines is 2. The number of carbonyl (C=O) groups excluding carboxylic acids is 1. The maximum absolute atomic E-state index is 15.7. The molecule has 0 radical (unpaired) electrons. The molecule has 1 aliphatic rings. The summed E-state index contributed by atoms with van der Waals surface area (Å²) in [6, 6.07) is 6.93. The van der Waals surface area contributed by atoms with Gasteiger partial charge in [-0.2, -0.15) is 15.1 Å². The number of benzene rings is 1. The van der Waals surface area contributed by atoms with Crippen LogP contribution >= 0.6 is 19.3 Å². The molecular weight excluding hydrogens is 572 g/mol. The highest BCUT2D eigenvalue weighted by Gasteiger charge is 2.58. The number of esters is 1. The second-order valence-corrected chi connectivity index (χ2v) is 11.5. The number of nitrogen functional groups attached to an aromatic ring is 1. The lowest BCUT2D eigenvalue weighted by Crippen LogP contribution is -2.40. The third-order valence-corrected chi connectivity index (χ3v) is 7.80. The number of hydrogen-bond donors (Lipinski definition) is 4. The van der Waals surface area contributed by atoms with Crippen molar-refractivity contribution in [3.05, 3.63) is 36.7 Å². The number of aromatic nitrogens is 4. The number of nitrogens with zero attached hydrogens (tertiary/aromatic N) is 4. The molecule has 1 aliphatic heterocycles. The number of nitrogens with two attached hydrogens (primary N) is 1. The largest absolute Gasteiger partial charge is 0.462 e. The SMILES string of the molecule is CNc1nc(N)nc2c1ncn2[C@@H]1O[C@H](CO[P@@](=O)(N[C@@H](C)C(=O)OC(C)C)Oc2ccccc2)[C@@H](O)[C@@]1(F)Cl. The summed E-state index contributed by atoms with van der Waals surface area (Å²) >= 11 is 6.12. The topological polar surface area (TPSA) is 185 Å². The van der Waals surface area contributed by atoms with Crippen LogP contribution in [0, 0.1) is 0 Å². The molecule has 0 unspecified atom stereocenters. The molecule has 3 aromatic rings. The smallest absolute Gasteiger partial charge is 0.459 e. The van der Waals surface area contributed by atoms with Gasteiger partial charge in [0.15, 0.2) is 23.2 Å². The van der Waals surface area contributed by atoms with Gasteiger partial charge in [-0.15, -0.1) is 0 Å². The number of carbonyl (C=O) groups is 1. The minimum atomic E-state index is -4.32. The van der Waals surface area contributed by atoms with Crippen molar-refractivity contribution in [1.82, 2.24) is 24.6 Å². The van der Waals surface area contributed by atoms with Crippen molar-refractivity contribution >= 4 is 48.2 Å². The maximum Gasteiger partial charge on any atom is 0.459 e. The van der Waals surface area contributed by atoms with Gasteiger partial charge < -0.3 is 30.2 Å². The lowest BCUT2D eigenvalue weighted by Gasteiger charge is -2.25. The minimum absolute atomic E-state index is 0.0931. The van der Waals surface area contributed by atoms with E-state index in [1.54, 1.807) is 39.1 Å². The van der Waals surface area contributed by atoms with Crippen molar-refractivity contribution in [3.63, 3.8) is 0 Å². The molecule has 0 amide bonds. The van der Waals surface area contributed by atoms with Gasteiger partial charge in [0.25, 0.3) is 5.13 Å². The van der Waals surface area contributed by atoms with Crippen molar-refractivity contribution in [3.8, 4) is 5.75 Å². The fourth-order valence-electron chi connectivity index (χ4n) is 3.89. The number of aliphatic hydroxyl groups is 1. The summed E-state index contributed by atoms with van der Waals surface area (Å²) < 4.78 is 52.6. The molecule has 40 heavy (non-hydrogen) atoms. The Morgan fingerprint density at radius 3 is 2.67 bits per heavy atom. The van der Waals surface area contributed by atoms with Gasteiger partial charge in [0, 0.05) is 7.05 Å². The van der Waals surface area contributed by atoms with E-state index < -0.39 is 56.0 Å². The fourth-order valence-corrected chi connectivity index (χ4v) is 5.69. The van der Waals surface area contributed by atoms with E-state index in [0.717, 1.165) is 4.57 Å². The molecule has 0 aliphatic carbocycles. The highest BCUT2D eigenvalue weighted by atomic mass is 35.5. The molecule has 218 valence electrons. The summed E-state index contributed by atoms with van der Waals surface area (Å²) in [5.41, 5.74) is 6.12. The van der Waals surface area contributed by atoms with Crippen LogP contribution in [0.2, 0.25) is 0 Å². The molecule has 0 saturated carbocycles. The van der Waals surface area contributed by atoms with Gasteiger partial charge >= 0.3 is 13.7 Å². The number of hydrogen-bond acceptors (Lipinski definition) is 12. The molecule has 1 aromatic carbocycles. The maximum atomic E-state index is 15.7. The molecule has 4 rings (SSSR count). The molecule has 2 aromatic heterocycles. The third-order valence-electron chi connectivity index (χ3n) is 5.74. The third kappa shape index (κ3) is 6.29. The summed E-state index contributed by atoms with van der Waals surface area (Å²) in [5, 5.41) is 13.2. The van der Waals surface area contributed by atoms with Crippen LogP contribution < -0.4 is 20.7 Å². The molecular formula is C23H30ClFN7O7P. The van der Waals surface area contributed by atoms with Crippen LogP contribution in [0.1, 0.15) is 27.0 Å². The normalized spacial score (nSPS) is 25.1. The molecule has 0 bridgehead atoms. The summed E-state index contributed by atoms with van der Waals surface area (Å²) in [4.78, 5) is 24.7. The van der Waals surface area contributed by atoms with Crippen LogP contribution in [0.5, 0.6) is 5.75 Å². The van der Waals surface area contributed by atoms with Gasteiger partial charge in [-0.1, -0.05) is 29.8 Å². The van der Waals surface area contributed by atoms with E-state index in [-0.39, 0.29) is 28.7 Å². The van der Waals surface area contributed by atoms with Crippen molar-refractivity contribution in [2.45, 2.75) is 56.5 Å². The Hall–Kier alpha value is -3.07. The second kappa shape index (κ2) is 11.8. The van der Waals surface area contributed by atoms with Gasteiger partial charge in [-0.25, -0.2) is 13.9 Å². The van der Waals surface area contributed by atoms with E-state index in [4.69, 9.17) is 35.9 Å². The van der Waals surface area contributed by atoms with Crippen molar-refractivity contribution < 1.29 is 37.4 Å². The zero-order valence-electron chi connectivity index (χ0n) is 22.0. The number of nitrogens with one attached hydrogen (secondary N) is 2. The Labute approximate surface area is 233 Å². The molecule has 14 nitrogen and oxygen atoms in total. The number of fused-ring (bicyclic) bond motifs is 1. The standard InChI is InChI=1S/C23H30ClFN7O7P/c1-12(2)37-20(34)13(3)31-40(35,39-14-8-6-5-7-9-14)36-10-15-17(33)23(24,25)21(38-15)32-11-28-16-18(27-4)29-22(26)30-19(16)32/h5-9,11-13,15,17,21,33H,10H2,1-4H3,(H,31,35)(H3,26,27,29,30)/t13-,15+,17+,21+,23-,40-/m0/s1. The molecule has 5 N–H and O–H groups in total. The van der Waals surface area contributed by atoms with E-state index >= 15 is 4.39 Å². The Morgan fingerprint density at radius 1 is 1.32 bits per heavy atom. The number of para-hydroxylation sites is 1. The van der Waals surface area contributed by atoms with E-state index in [2.05, 4.69) is 25.4 Å². The van der Waals surface area contributed by atoms with Gasteiger partial charge in [0.1, 0.15) is 24.0 Å². The van der Waals surface area contributed by atoms with Crippen LogP contribution in [0.4, 0.5) is 16.2 Å². The zero-order valence-corrected chi connectivity index (χ0v) is 23.7. The molecule has 0 spiro atoms. The molecule has 1 fully saturated rings. The number of halogens is 2. The second-order valence-electron chi connectivity index (χ2n) is 9.18. The van der Waals surface area contributed by atoms with E-state index in [1.165, 1.54) is 25.4 Å². The Bertz CT molecular complexity index is 1400. The van der Waals surface area contributed by atoms with Gasteiger partial charge in [0.05, 0.1) is 19.0 Å². The molecule has 3 heterocycles. The number of ether oxygens (including phenoxy) is 2. The van der Waals surface area contributed by atoms with Crippen LogP contribution in [0.3, 0.4) is 0 Å². The van der Waals surface area contributed by atoms with Gasteiger partial charge in [0.2, 0.25) is 5.95 Å². The minimum Gasteiger partial charge on any atom is -0.462 e. The van der Waals surface area contributed by atoms with Crippen molar-refractivity contribution in [2.75, 3.05) is 24.7 Å². The lowest BCUT2D eigenvalue weighted by atomic mass is 10.1. The monoisotopic (exact) mass is 601 g/mol. The first kappa shape index (κ1) is 29.9. The highest BCUT2D eigenvalue weighted by Crippen LogP contribution is 2.49. The summed E-state index contributed by atoms with van der Waals surface area (Å²) in [6.07, 6.45) is -4.22. The average Bonchev–Trinajstić information content (AvgIpc) is 3.40. The first-order chi connectivity index (χ1) is 18.8. The summed E-state index contributed by atoms with van der Waals surface area (Å²) in [5.74, 6) is -0.376. The van der Waals surface area contributed by atoms with E-state index in [0.29, 0.717) is 0 Å². The Balaban J connectivity index is 1.56. The van der Waals surface area contributed by atoms with Crippen molar-refractivity contribution in [1.29, 1.82) is 0 Å². The summed E-state index contributed by atoms with van der Waals surface area (Å²) in [6.45, 7) is 4.09. The number of imidazole rings is 1. The first-order valence-electron chi connectivity index (χ1n) is 12.2. The predicted molar refractivity (Wildman–Crippen MR) is 143 cm³/mol. The Morgan fingerprint density at radius 2 is 2.02 bits per heavy atom. The van der Waals surface area contributed by atoms with Gasteiger partial charge in [-0.3, -0.25) is 13.9 Å². The Kier molecular flexibility index (Phi) is 8.83. The predicted octanol–water partition coefficient (Wildman–Crippen LogP) is 2.75. The van der Waals surface area contributed by atoms with E-state index in [9.17, 15) is 14.5 Å². The average molecular weight is 602 g/mol. The highest BCUT2D eigenvalue weighted by molar-refractivity contribution is 7.52. The molecule has 17 heteroatoms. The number of aliphatic hydroxyl groups excluding tert-OH is 1. The fraction of sp³-hybridized carbons (Fsp3) is 0.478. The van der Waals surface area contributed by atoms with Gasteiger partial charge in [-0.05, 0) is 32.9 Å². The van der Waals surface area contributed by atoms with Crippen molar-refractivity contribution in [2.24, 2.45) is 0 Å². The molecule has 6 atom stereocenters. The van der Waals surface area contributed by atoms with Crippen LogP contribution in [-0.2, 0) is 23.4 Å². The van der Waals surface area contributed by atoms with E-state index in [1.807, 2.05) is 0 Å². The molecule has 1 saturated heterocycles. The first-order valence-corrected chi connectivity index (χ1v) is 14.1. The number of rotatable bonds is 11. The van der Waals surface area contributed by atoms with Crippen LogP contribution in [-0.4, -0.2) is 73.7 Å². The van der Waals surface area contributed by atoms with Crippen LogP contribution in [0.15, 0.2) is 36.7 Å². The number of alkyl halides is 2.